The first-order valence-corrected chi connectivity index (χ1v) is 8.30. The topological polar surface area (TPSA) is 28.6 Å². The molecule has 118 valence electrons. The lowest BCUT2D eigenvalue weighted by Gasteiger charge is -2.36. The van der Waals surface area contributed by atoms with E-state index in [1.807, 2.05) is 7.05 Å². The Hall–Kier alpha value is -1.50. The van der Waals surface area contributed by atoms with Crippen LogP contribution < -0.4 is 4.90 Å². The molecule has 0 spiro atoms. The molecule has 0 bridgehead atoms. The van der Waals surface area contributed by atoms with Gasteiger partial charge in [0, 0.05) is 31.6 Å². The second kappa shape index (κ2) is 7.17. The van der Waals surface area contributed by atoms with Crippen LogP contribution in [0.25, 0.3) is 0 Å². The van der Waals surface area contributed by atoms with E-state index in [-0.39, 0.29) is 5.82 Å². The summed E-state index contributed by atoms with van der Waals surface area (Å²) in [5, 5.41) is 2.11. The number of likely N-dealkylation sites (N-methyl/N-ethyl adjacent to an activating group) is 1. The normalized spacial score (nSPS) is 17.4. The summed E-state index contributed by atoms with van der Waals surface area (Å²) < 4.78 is 18.5. The predicted molar refractivity (Wildman–Crippen MR) is 86.9 cm³/mol. The van der Waals surface area contributed by atoms with Crippen LogP contribution in [0.5, 0.6) is 0 Å². The number of rotatable bonds is 5. The molecule has 3 rings (SSSR count). The second-order valence-electron chi connectivity index (χ2n) is 5.39. The van der Waals surface area contributed by atoms with Crippen molar-refractivity contribution in [2.24, 2.45) is 0 Å². The van der Waals surface area contributed by atoms with Gasteiger partial charge in [0.05, 0.1) is 25.5 Å². The quantitative estimate of drug-likeness (QED) is 0.847. The highest BCUT2D eigenvalue weighted by molar-refractivity contribution is 7.10. The molecule has 1 unspecified atom stereocenters. The smallest absolute Gasteiger partial charge is 0.141 e. The molecule has 3 heterocycles. The number of aromatic nitrogens is 1. The maximum Gasteiger partial charge on any atom is 0.141 e. The molecule has 4 nitrogen and oxygen atoms in total. The number of halogens is 1. The van der Waals surface area contributed by atoms with Crippen LogP contribution in [0.4, 0.5) is 10.2 Å². The molecule has 1 saturated heterocycles. The van der Waals surface area contributed by atoms with E-state index in [1.165, 1.54) is 17.1 Å². The van der Waals surface area contributed by atoms with Crippen molar-refractivity contribution < 1.29 is 9.13 Å². The molecular weight excluding hydrogens is 301 g/mol. The molecule has 0 amide bonds. The van der Waals surface area contributed by atoms with E-state index in [0.29, 0.717) is 6.04 Å². The number of nitrogens with zero attached hydrogens (tertiary/aromatic N) is 3. The van der Waals surface area contributed by atoms with E-state index in [2.05, 4.69) is 32.3 Å². The molecule has 0 saturated carbocycles. The molecule has 1 aliphatic rings. The van der Waals surface area contributed by atoms with E-state index < -0.39 is 0 Å². The molecule has 2 aromatic heterocycles. The lowest BCUT2D eigenvalue weighted by molar-refractivity contribution is 0.0183. The predicted octanol–water partition coefficient (Wildman–Crippen LogP) is 2.79. The summed E-state index contributed by atoms with van der Waals surface area (Å²) in [4.78, 5) is 10.0. The Morgan fingerprint density at radius 2 is 2.18 bits per heavy atom. The van der Waals surface area contributed by atoms with E-state index in [0.717, 1.165) is 38.7 Å². The van der Waals surface area contributed by atoms with Gasteiger partial charge in [-0.1, -0.05) is 6.07 Å². The number of morpholine rings is 1. The number of thiophene rings is 1. The maximum atomic E-state index is 13.0. The number of pyridine rings is 1. The van der Waals surface area contributed by atoms with Crippen LogP contribution in [0.3, 0.4) is 0 Å². The minimum absolute atomic E-state index is 0.305. The third-order valence-corrected chi connectivity index (χ3v) is 4.88. The first kappa shape index (κ1) is 15.4. The van der Waals surface area contributed by atoms with Gasteiger partial charge in [-0.05, 0) is 23.6 Å². The highest BCUT2D eigenvalue weighted by Gasteiger charge is 2.25. The van der Waals surface area contributed by atoms with E-state index >= 15 is 0 Å². The molecule has 0 radical (unpaired) electrons. The molecule has 22 heavy (non-hydrogen) atoms. The van der Waals surface area contributed by atoms with Crippen LogP contribution in [0.15, 0.2) is 35.8 Å². The molecule has 6 heteroatoms. The highest BCUT2D eigenvalue weighted by Crippen LogP contribution is 2.27. The fourth-order valence-electron chi connectivity index (χ4n) is 2.70. The largest absolute Gasteiger partial charge is 0.379 e. The van der Waals surface area contributed by atoms with Gasteiger partial charge in [-0.15, -0.1) is 11.3 Å². The van der Waals surface area contributed by atoms with Crippen LogP contribution in [0.1, 0.15) is 10.9 Å². The average Bonchev–Trinajstić information content (AvgIpc) is 3.08. The van der Waals surface area contributed by atoms with E-state index in [1.54, 1.807) is 17.4 Å². The second-order valence-corrected chi connectivity index (χ2v) is 6.37. The minimum Gasteiger partial charge on any atom is -0.379 e. The summed E-state index contributed by atoms with van der Waals surface area (Å²) in [6, 6.07) is 7.74. The maximum absolute atomic E-state index is 13.0. The fourth-order valence-corrected chi connectivity index (χ4v) is 3.55. The number of ether oxygens (including phenoxy) is 1. The summed E-state index contributed by atoms with van der Waals surface area (Å²) >= 11 is 1.77. The summed E-state index contributed by atoms with van der Waals surface area (Å²) in [6.07, 6.45) is 1.26. The van der Waals surface area contributed by atoms with Gasteiger partial charge in [-0.2, -0.15) is 0 Å². The van der Waals surface area contributed by atoms with Gasteiger partial charge in [0.1, 0.15) is 11.6 Å². The van der Waals surface area contributed by atoms with Crippen molar-refractivity contribution in [1.82, 2.24) is 9.88 Å². The van der Waals surface area contributed by atoms with E-state index in [9.17, 15) is 4.39 Å². The standard InChI is InChI=1S/C16H20FN3OS/c1-19(16-5-4-13(17)11-18-16)12-14(15-3-2-10-22-15)20-6-8-21-9-7-20/h2-5,10-11,14H,6-9,12H2,1H3. The molecule has 0 aromatic carbocycles. The molecule has 0 aliphatic carbocycles. The number of hydrogen-bond donors (Lipinski definition) is 0. The van der Waals surface area contributed by atoms with Crippen LogP contribution in [-0.4, -0.2) is 49.8 Å². The molecular formula is C16H20FN3OS. The molecule has 0 N–H and O–H groups in total. The number of hydrogen-bond acceptors (Lipinski definition) is 5. The lowest BCUT2D eigenvalue weighted by Crippen LogP contribution is -2.43. The zero-order chi connectivity index (χ0) is 15.4. The van der Waals surface area contributed by atoms with Crippen molar-refractivity contribution in [2.45, 2.75) is 6.04 Å². The summed E-state index contributed by atoms with van der Waals surface area (Å²) in [5.74, 6) is 0.483. The molecule has 1 aliphatic heterocycles. The Bertz CT molecular complexity index is 570. The summed E-state index contributed by atoms with van der Waals surface area (Å²) in [6.45, 7) is 4.25. The van der Waals surface area contributed by atoms with Crippen LogP contribution >= 0.6 is 11.3 Å². The summed E-state index contributed by atoms with van der Waals surface area (Å²) in [5.41, 5.74) is 0. The van der Waals surface area contributed by atoms with Gasteiger partial charge in [-0.25, -0.2) is 9.37 Å². The Kier molecular flexibility index (Phi) is 5.02. The lowest BCUT2D eigenvalue weighted by atomic mass is 10.1. The number of anilines is 1. The first-order chi connectivity index (χ1) is 10.7. The van der Waals surface area contributed by atoms with Gasteiger partial charge in [-0.3, -0.25) is 4.90 Å². The molecule has 1 atom stereocenters. The third-order valence-electron chi connectivity index (χ3n) is 3.91. The van der Waals surface area contributed by atoms with Crippen molar-refractivity contribution >= 4 is 17.2 Å². The van der Waals surface area contributed by atoms with Crippen molar-refractivity contribution in [3.8, 4) is 0 Å². The van der Waals surface area contributed by atoms with E-state index in [4.69, 9.17) is 4.74 Å². The average molecular weight is 321 g/mol. The Labute approximate surface area is 134 Å². The van der Waals surface area contributed by atoms with Gasteiger partial charge in [0.2, 0.25) is 0 Å². The van der Waals surface area contributed by atoms with Crippen LogP contribution in [0, 0.1) is 5.82 Å². The van der Waals surface area contributed by atoms with Gasteiger partial charge < -0.3 is 9.64 Å². The van der Waals surface area contributed by atoms with Gasteiger partial charge >= 0.3 is 0 Å². The van der Waals surface area contributed by atoms with Crippen LogP contribution in [0.2, 0.25) is 0 Å². The zero-order valence-corrected chi connectivity index (χ0v) is 13.4. The summed E-state index contributed by atoms with van der Waals surface area (Å²) in [7, 11) is 2.00. The van der Waals surface area contributed by atoms with Crippen LogP contribution in [-0.2, 0) is 4.74 Å². The van der Waals surface area contributed by atoms with Gasteiger partial charge in [0.15, 0.2) is 0 Å². The zero-order valence-electron chi connectivity index (χ0n) is 12.6. The van der Waals surface area contributed by atoms with Gasteiger partial charge in [0.25, 0.3) is 0 Å². The Morgan fingerprint density at radius 3 is 2.82 bits per heavy atom. The van der Waals surface area contributed by atoms with Crippen molar-refractivity contribution in [3.63, 3.8) is 0 Å². The monoisotopic (exact) mass is 321 g/mol. The molecule has 1 fully saturated rings. The van der Waals surface area contributed by atoms with Crippen molar-refractivity contribution in [3.05, 3.63) is 46.5 Å². The first-order valence-electron chi connectivity index (χ1n) is 7.42. The Balaban J connectivity index is 1.75. The highest BCUT2D eigenvalue weighted by atomic mass is 32.1. The van der Waals surface area contributed by atoms with Crippen molar-refractivity contribution in [2.75, 3.05) is 44.8 Å². The SMILES string of the molecule is CN(CC(c1cccs1)N1CCOCC1)c1ccc(F)cn1. The molecule has 2 aromatic rings. The third kappa shape index (κ3) is 3.63. The minimum atomic E-state index is -0.305. The van der Waals surface area contributed by atoms with Crippen molar-refractivity contribution in [1.29, 1.82) is 0 Å². The fraction of sp³-hybridized carbons (Fsp3) is 0.438. The Morgan fingerprint density at radius 1 is 1.36 bits per heavy atom.